The number of benzene rings is 1. The molecule has 0 aliphatic heterocycles. The summed E-state index contributed by atoms with van der Waals surface area (Å²) in [6.45, 7) is 4.77. The van der Waals surface area contributed by atoms with Gasteiger partial charge in [0.05, 0.1) is 17.8 Å². The Balaban J connectivity index is 1.96. The van der Waals surface area contributed by atoms with Crippen LogP contribution in [0, 0.1) is 13.8 Å². The Morgan fingerprint density at radius 1 is 1.18 bits per heavy atom. The molecule has 0 unspecified atom stereocenters. The van der Waals surface area contributed by atoms with Crippen LogP contribution in [0.3, 0.4) is 0 Å². The monoisotopic (exact) mass is 393 g/mol. The maximum Gasteiger partial charge on any atom is 0.266 e. The summed E-state index contributed by atoms with van der Waals surface area (Å²) in [7, 11) is 1.89. The molecule has 1 aromatic carbocycles. The molecule has 28 heavy (non-hydrogen) atoms. The van der Waals surface area contributed by atoms with Gasteiger partial charge in [-0.25, -0.2) is 0 Å². The van der Waals surface area contributed by atoms with Crippen LogP contribution in [0.5, 0.6) is 0 Å². The summed E-state index contributed by atoms with van der Waals surface area (Å²) in [6, 6.07) is 10.3. The lowest BCUT2D eigenvalue weighted by Gasteiger charge is -2.16. The van der Waals surface area contributed by atoms with Crippen molar-refractivity contribution in [3.63, 3.8) is 0 Å². The first-order valence-electron chi connectivity index (χ1n) is 9.31. The van der Waals surface area contributed by atoms with Gasteiger partial charge in [0.1, 0.15) is 4.70 Å². The van der Waals surface area contributed by atoms with Crippen LogP contribution in [-0.2, 0) is 0 Å². The molecule has 4 aromatic rings. The summed E-state index contributed by atoms with van der Waals surface area (Å²) in [5.41, 5.74) is 5.69. The third-order valence-corrected chi connectivity index (χ3v) is 6.19. The molecular weight excluding hydrogens is 370 g/mol. The summed E-state index contributed by atoms with van der Waals surface area (Å²) in [4.78, 5) is 20.2. The minimum Gasteiger partial charge on any atom is -0.396 e. The molecule has 4 rings (SSSR count). The van der Waals surface area contributed by atoms with E-state index in [-0.39, 0.29) is 18.1 Å². The Morgan fingerprint density at radius 3 is 2.61 bits per heavy atom. The van der Waals surface area contributed by atoms with Crippen LogP contribution in [-0.4, -0.2) is 35.3 Å². The standard InChI is InChI=1S/C22H23N3O2S/c1-12-18(15-6-4-14(5-7-15)16(11-26)10-23-3)19-17-8-9-28-21(17)22(27)25-20(19)13(2)24-12/h4-9,16,23,26H,10-11H2,1-3H3,(H,25,27)/t16-/m1/s1. The molecule has 3 heterocycles. The van der Waals surface area contributed by atoms with Gasteiger partial charge in [0.15, 0.2) is 0 Å². The quantitative estimate of drug-likeness (QED) is 0.483. The molecule has 0 fully saturated rings. The van der Waals surface area contributed by atoms with Gasteiger partial charge in [0, 0.05) is 34.5 Å². The van der Waals surface area contributed by atoms with Gasteiger partial charge in [-0.05, 0) is 43.5 Å². The van der Waals surface area contributed by atoms with E-state index in [2.05, 4.69) is 34.6 Å². The van der Waals surface area contributed by atoms with Crippen LogP contribution < -0.4 is 10.9 Å². The number of thiophene rings is 1. The fraction of sp³-hybridized carbons (Fsp3) is 0.273. The van der Waals surface area contributed by atoms with Crippen molar-refractivity contribution in [1.29, 1.82) is 0 Å². The van der Waals surface area contributed by atoms with Gasteiger partial charge in [-0.3, -0.25) is 9.78 Å². The van der Waals surface area contributed by atoms with Crippen molar-refractivity contribution in [2.24, 2.45) is 0 Å². The fourth-order valence-electron chi connectivity index (χ4n) is 3.93. The van der Waals surface area contributed by atoms with Crippen molar-refractivity contribution < 1.29 is 5.11 Å². The largest absolute Gasteiger partial charge is 0.396 e. The first-order chi connectivity index (χ1) is 13.5. The molecular formula is C22H23N3O2S. The Hall–Kier alpha value is -2.54. The molecule has 0 radical (unpaired) electrons. The first kappa shape index (κ1) is 18.8. The second-order valence-electron chi connectivity index (χ2n) is 7.08. The average Bonchev–Trinajstić information content (AvgIpc) is 3.18. The predicted molar refractivity (Wildman–Crippen MR) is 116 cm³/mol. The molecule has 3 N–H and O–H groups in total. The number of aliphatic hydroxyl groups excluding tert-OH is 1. The molecule has 0 amide bonds. The van der Waals surface area contributed by atoms with Crippen LogP contribution in [0.15, 0.2) is 40.5 Å². The number of fused-ring (bicyclic) bond motifs is 3. The molecule has 144 valence electrons. The minimum atomic E-state index is -0.0644. The maximum absolute atomic E-state index is 12.5. The van der Waals surface area contributed by atoms with Gasteiger partial charge in [-0.15, -0.1) is 11.3 Å². The number of rotatable bonds is 5. The Bertz CT molecular complexity index is 1210. The number of hydrogen-bond donors (Lipinski definition) is 3. The second kappa shape index (κ2) is 7.47. The Morgan fingerprint density at radius 2 is 1.93 bits per heavy atom. The number of H-pyrrole nitrogens is 1. The predicted octanol–water partition coefficient (Wildman–Crippen LogP) is 3.72. The lowest BCUT2D eigenvalue weighted by atomic mass is 9.93. The van der Waals surface area contributed by atoms with E-state index in [0.29, 0.717) is 0 Å². The van der Waals surface area contributed by atoms with Gasteiger partial charge in [-0.2, -0.15) is 0 Å². The number of aliphatic hydroxyl groups is 1. The third kappa shape index (κ3) is 3.03. The molecule has 0 spiro atoms. The highest BCUT2D eigenvalue weighted by Gasteiger charge is 2.17. The van der Waals surface area contributed by atoms with Crippen molar-refractivity contribution in [3.8, 4) is 11.1 Å². The van der Waals surface area contributed by atoms with Crippen molar-refractivity contribution in [2.45, 2.75) is 19.8 Å². The summed E-state index contributed by atoms with van der Waals surface area (Å²) in [5.74, 6) is 0.0629. The fourth-order valence-corrected chi connectivity index (χ4v) is 4.73. The zero-order valence-corrected chi connectivity index (χ0v) is 17.0. The van der Waals surface area contributed by atoms with Gasteiger partial charge >= 0.3 is 0 Å². The van der Waals surface area contributed by atoms with E-state index in [0.717, 1.165) is 55.6 Å². The average molecular weight is 394 g/mol. The van der Waals surface area contributed by atoms with Gasteiger partial charge in [0.2, 0.25) is 0 Å². The molecule has 0 aliphatic carbocycles. The highest BCUT2D eigenvalue weighted by molar-refractivity contribution is 7.17. The second-order valence-corrected chi connectivity index (χ2v) is 8.00. The normalized spacial score (nSPS) is 12.7. The first-order valence-corrected chi connectivity index (χ1v) is 10.2. The molecule has 0 saturated carbocycles. The molecule has 0 saturated heterocycles. The lowest BCUT2D eigenvalue weighted by Crippen LogP contribution is -2.19. The summed E-state index contributed by atoms with van der Waals surface area (Å²) in [6.07, 6.45) is 0. The number of pyridine rings is 2. The Labute approximate surface area is 167 Å². The zero-order valence-electron chi connectivity index (χ0n) is 16.2. The Kier molecular flexibility index (Phi) is 5.02. The van der Waals surface area contributed by atoms with Gasteiger partial charge in [0.25, 0.3) is 5.56 Å². The molecule has 3 aromatic heterocycles. The van der Waals surface area contributed by atoms with Crippen LogP contribution in [0.1, 0.15) is 22.9 Å². The molecule has 6 heteroatoms. The summed E-state index contributed by atoms with van der Waals surface area (Å²) in [5, 5.41) is 16.7. The number of hydrogen-bond acceptors (Lipinski definition) is 5. The van der Waals surface area contributed by atoms with Crippen molar-refractivity contribution in [2.75, 3.05) is 20.2 Å². The van der Waals surface area contributed by atoms with E-state index in [1.54, 1.807) is 0 Å². The van der Waals surface area contributed by atoms with Crippen molar-refractivity contribution in [3.05, 3.63) is 63.0 Å². The molecule has 1 atom stereocenters. The van der Waals surface area contributed by atoms with Crippen molar-refractivity contribution in [1.82, 2.24) is 15.3 Å². The number of nitrogens with one attached hydrogen (secondary N) is 2. The summed E-state index contributed by atoms with van der Waals surface area (Å²) >= 11 is 1.46. The number of likely N-dealkylation sites (N-methyl/N-ethyl adjacent to an activating group) is 1. The summed E-state index contributed by atoms with van der Waals surface area (Å²) < 4.78 is 0.740. The highest BCUT2D eigenvalue weighted by Crippen LogP contribution is 2.36. The number of aromatic amines is 1. The molecule has 5 nitrogen and oxygen atoms in total. The van der Waals surface area contributed by atoms with Crippen LogP contribution in [0.4, 0.5) is 0 Å². The van der Waals surface area contributed by atoms with E-state index in [4.69, 9.17) is 4.98 Å². The van der Waals surface area contributed by atoms with Crippen LogP contribution in [0.2, 0.25) is 0 Å². The van der Waals surface area contributed by atoms with E-state index in [1.165, 1.54) is 11.3 Å². The lowest BCUT2D eigenvalue weighted by molar-refractivity contribution is 0.263. The molecule has 0 aliphatic rings. The SMILES string of the molecule is CNC[C@H](CO)c1ccc(-c2c(C)nc(C)c3[nH]c(=O)c4sccc4c23)cc1. The van der Waals surface area contributed by atoms with Crippen molar-refractivity contribution >= 4 is 32.3 Å². The van der Waals surface area contributed by atoms with Crippen LogP contribution in [0.25, 0.3) is 32.1 Å². The maximum atomic E-state index is 12.5. The number of aromatic nitrogens is 2. The van der Waals surface area contributed by atoms with E-state index < -0.39 is 0 Å². The van der Waals surface area contributed by atoms with E-state index >= 15 is 0 Å². The number of nitrogens with zero attached hydrogens (tertiary/aromatic N) is 1. The third-order valence-electron chi connectivity index (χ3n) is 5.28. The minimum absolute atomic E-state index is 0.0629. The van der Waals surface area contributed by atoms with Gasteiger partial charge in [-0.1, -0.05) is 24.3 Å². The van der Waals surface area contributed by atoms with Crippen LogP contribution >= 0.6 is 11.3 Å². The molecule has 0 bridgehead atoms. The van der Waals surface area contributed by atoms with Gasteiger partial charge < -0.3 is 15.4 Å². The smallest absolute Gasteiger partial charge is 0.266 e. The zero-order chi connectivity index (χ0) is 19.8. The number of aryl methyl sites for hydroxylation is 2. The topological polar surface area (TPSA) is 78.0 Å². The van der Waals surface area contributed by atoms with E-state index in [1.807, 2.05) is 32.3 Å². The highest BCUT2D eigenvalue weighted by atomic mass is 32.1. The van der Waals surface area contributed by atoms with E-state index in [9.17, 15) is 9.90 Å².